The third-order valence-corrected chi connectivity index (χ3v) is 6.94. The molecular formula is C27H19N3O8S. The molecule has 0 N–H and O–H groups in total. The molecule has 1 unspecified atom stereocenters. The fourth-order valence-electron chi connectivity index (χ4n) is 4.12. The molecule has 11 nitrogen and oxygen atoms in total. The fourth-order valence-corrected chi connectivity index (χ4v) is 5.17. The standard InChI is InChI=1S/C27H19N3O8S/c1-15-22(26(33)36-2)23(17-7-11-19(12-8-17)38-25(32)20-4-3-13-37-20)29-24(31)21(39-27(29)28-15)14-16-5-9-18(10-6-16)30(34)35/h3-14,23H,1-2H3/b21-14+. The first-order valence-electron chi connectivity index (χ1n) is 11.5. The molecule has 5 rings (SSSR count). The van der Waals surface area contributed by atoms with Crippen molar-refractivity contribution < 1.29 is 28.4 Å². The molecule has 0 spiro atoms. The van der Waals surface area contributed by atoms with Gasteiger partial charge < -0.3 is 13.9 Å². The number of hydrogen-bond acceptors (Lipinski definition) is 10. The van der Waals surface area contributed by atoms with Crippen LogP contribution in [0.3, 0.4) is 0 Å². The maximum atomic E-state index is 13.6. The Morgan fingerprint density at radius 3 is 2.44 bits per heavy atom. The highest BCUT2D eigenvalue weighted by atomic mass is 32.1. The first kappa shape index (κ1) is 25.5. The Labute approximate surface area is 223 Å². The SMILES string of the molecule is COC(=O)C1=C(C)N=c2s/c(=C/c3ccc([N+](=O)[O-])cc3)c(=O)n2C1c1ccc(OC(=O)c2ccco2)cc1. The van der Waals surface area contributed by atoms with Crippen molar-refractivity contribution in [3.63, 3.8) is 0 Å². The molecule has 0 saturated carbocycles. The lowest BCUT2D eigenvalue weighted by Crippen LogP contribution is -2.39. The van der Waals surface area contributed by atoms with Gasteiger partial charge in [0.1, 0.15) is 5.75 Å². The van der Waals surface area contributed by atoms with Crippen LogP contribution in [-0.2, 0) is 9.53 Å². The third kappa shape index (κ3) is 4.92. The van der Waals surface area contributed by atoms with Gasteiger partial charge in [-0.3, -0.25) is 19.5 Å². The number of non-ortho nitro benzene ring substituents is 1. The minimum absolute atomic E-state index is 0.0470. The van der Waals surface area contributed by atoms with Crippen LogP contribution >= 0.6 is 11.3 Å². The summed E-state index contributed by atoms with van der Waals surface area (Å²) < 4.78 is 17.1. The Morgan fingerprint density at radius 2 is 1.82 bits per heavy atom. The minimum Gasteiger partial charge on any atom is -0.466 e. The second-order valence-corrected chi connectivity index (χ2v) is 9.37. The van der Waals surface area contributed by atoms with Crippen molar-refractivity contribution in [2.45, 2.75) is 13.0 Å². The van der Waals surface area contributed by atoms with E-state index in [1.54, 1.807) is 55.5 Å². The van der Waals surface area contributed by atoms with Crippen LogP contribution in [0.15, 0.2) is 92.4 Å². The fraction of sp³-hybridized carbons (Fsp3) is 0.111. The molecule has 0 bridgehead atoms. The molecule has 1 aliphatic heterocycles. The van der Waals surface area contributed by atoms with E-state index in [4.69, 9.17) is 13.9 Å². The van der Waals surface area contributed by atoms with E-state index >= 15 is 0 Å². The monoisotopic (exact) mass is 545 g/mol. The number of methoxy groups -OCH3 is 1. The van der Waals surface area contributed by atoms with Crippen LogP contribution in [0.4, 0.5) is 5.69 Å². The predicted octanol–water partition coefficient (Wildman–Crippen LogP) is 3.13. The van der Waals surface area contributed by atoms with Gasteiger partial charge in [-0.25, -0.2) is 14.6 Å². The number of rotatable bonds is 6. The Balaban J connectivity index is 1.57. The Bertz CT molecular complexity index is 1800. The van der Waals surface area contributed by atoms with Crippen LogP contribution in [-0.4, -0.2) is 28.5 Å². The molecule has 1 atom stereocenters. The number of furan rings is 1. The van der Waals surface area contributed by atoms with Crippen molar-refractivity contribution in [2.24, 2.45) is 4.99 Å². The topological polar surface area (TPSA) is 143 Å². The smallest absolute Gasteiger partial charge is 0.379 e. The molecule has 3 heterocycles. The molecule has 1 aliphatic rings. The number of aromatic nitrogens is 1. The first-order chi connectivity index (χ1) is 18.8. The van der Waals surface area contributed by atoms with Crippen molar-refractivity contribution >= 4 is 35.0 Å². The third-order valence-electron chi connectivity index (χ3n) is 5.96. The summed E-state index contributed by atoms with van der Waals surface area (Å²) in [7, 11) is 1.25. The predicted molar refractivity (Wildman–Crippen MR) is 139 cm³/mol. The molecule has 0 saturated heterocycles. The van der Waals surface area contributed by atoms with E-state index in [0.29, 0.717) is 26.2 Å². The number of fused-ring (bicyclic) bond motifs is 1. The largest absolute Gasteiger partial charge is 0.466 e. The number of allylic oxidation sites excluding steroid dienone is 1. The molecular weight excluding hydrogens is 526 g/mol. The summed E-state index contributed by atoms with van der Waals surface area (Å²) in [6.07, 6.45) is 2.97. The maximum absolute atomic E-state index is 13.6. The summed E-state index contributed by atoms with van der Waals surface area (Å²) in [6, 6.07) is 14.4. The van der Waals surface area contributed by atoms with Crippen LogP contribution in [0.1, 0.15) is 34.6 Å². The summed E-state index contributed by atoms with van der Waals surface area (Å²) in [5, 5.41) is 11.0. The molecule has 2 aromatic carbocycles. The van der Waals surface area contributed by atoms with E-state index in [2.05, 4.69) is 4.99 Å². The minimum atomic E-state index is -0.859. The summed E-state index contributed by atoms with van der Waals surface area (Å²) >= 11 is 1.13. The Kier molecular flexibility index (Phi) is 6.77. The average molecular weight is 546 g/mol. The van der Waals surface area contributed by atoms with Gasteiger partial charge in [-0.05, 0) is 60.5 Å². The van der Waals surface area contributed by atoms with E-state index < -0.39 is 28.5 Å². The molecule has 2 aromatic heterocycles. The van der Waals surface area contributed by atoms with Gasteiger partial charge in [-0.15, -0.1) is 0 Å². The number of ether oxygens (including phenoxy) is 2. The first-order valence-corrected chi connectivity index (χ1v) is 12.3. The zero-order chi connectivity index (χ0) is 27.7. The van der Waals surface area contributed by atoms with Crippen LogP contribution in [0.5, 0.6) is 5.75 Å². The lowest BCUT2D eigenvalue weighted by atomic mass is 9.96. The van der Waals surface area contributed by atoms with Gasteiger partial charge in [0.05, 0.1) is 40.1 Å². The van der Waals surface area contributed by atoms with Crippen LogP contribution in [0.2, 0.25) is 0 Å². The lowest BCUT2D eigenvalue weighted by Gasteiger charge is -2.24. The van der Waals surface area contributed by atoms with Crippen molar-refractivity contribution in [3.05, 3.63) is 125 Å². The van der Waals surface area contributed by atoms with Crippen LogP contribution in [0, 0.1) is 10.1 Å². The highest BCUT2D eigenvalue weighted by molar-refractivity contribution is 7.07. The second-order valence-electron chi connectivity index (χ2n) is 8.36. The van der Waals surface area contributed by atoms with Gasteiger partial charge in [0, 0.05) is 12.1 Å². The number of benzene rings is 2. The molecule has 0 aliphatic carbocycles. The number of esters is 2. The molecule has 4 aromatic rings. The van der Waals surface area contributed by atoms with Gasteiger partial charge in [0.25, 0.3) is 11.2 Å². The van der Waals surface area contributed by atoms with Crippen molar-refractivity contribution in [1.82, 2.24) is 4.57 Å². The van der Waals surface area contributed by atoms with Gasteiger partial charge in [0.15, 0.2) is 4.80 Å². The number of nitro benzene ring substituents is 1. The summed E-state index contributed by atoms with van der Waals surface area (Å²) in [5.41, 5.74) is 1.27. The van der Waals surface area contributed by atoms with Gasteiger partial charge in [-0.2, -0.15) is 0 Å². The highest BCUT2D eigenvalue weighted by Crippen LogP contribution is 2.31. The van der Waals surface area contributed by atoms with E-state index in [9.17, 15) is 24.5 Å². The van der Waals surface area contributed by atoms with Crippen molar-refractivity contribution in [2.75, 3.05) is 7.11 Å². The number of carbonyl (C=O) groups excluding carboxylic acids is 2. The molecule has 0 radical (unpaired) electrons. The van der Waals surface area contributed by atoms with E-state index in [-0.39, 0.29) is 22.8 Å². The quantitative estimate of drug-likeness (QED) is 0.156. The number of carbonyl (C=O) groups is 2. The summed E-state index contributed by atoms with van der Waals surface area (Å²) in [5.74, 6) is -1.02. The van der Waals surface area contributed by atoms with E-state index in [1.165, 1.54) is 36.1 Å². The van der Waals surface area contributed by atoms with Gasteiger partial charge in [-0.1, -0.05) is 23.5 Å². The Hall–Kier alpha value is -5.10. The van der Waals surface area contributed by atoms with Gasteiger partial charge >= 0.3 is 11.9 Å². The number of hydrogen-bond donors (Lipinski definition) is 0. The zero-order valence-corrected chi connectivity index (χ0v) is 21.3. The van der Waals surface area contributed by atoms with E-state index in [0.717, 1.165) is 11.3 Å². The normalized spacial score (nSPS) is 14.9. The number of nitro groups is 1. The molecule has 39 heavy (non-hydrogen) atoms. The summed E-state index contributed by atoms with van der Waals surface area (Å²) in [4.78, 5) is 54.0. The van der Waals surface area contributed by atoms with Crippen molar-refractivity contribution in [1.29, 1.82) is 0 Å². The molecule has 0 fully saturated rings. The van der Waals surface area contributed by atoms with E-state index in [1.807, 2.05) is 0 Å². The second kappa shape index (κ2) is 10.3. The van der Waals surface area contributed by atoms with Crippen LogP contribution in [0.25, 0.3) is 6.08 Å². The molecule has 0 amide bonds. The van der Waals surface area contributed by atoms with Crippen molar-refractivity contribution in [3.8, 4) is 5.75 Å². The zero-order valence-electron chi connectivity index (χ0n) is 20.5. The molecule has 196 valence electrons. The molecule has 12 heteroatoms. The Morgan fingerprint density at radius 1 is 1.10 bits per heavy atom. The van der Waals surface area contributed by atoms with Crippen LogP contribution < -0.4 is 19.6 Å². The number of nitrogens with zero attached hydrogens (tertiary/aromatic N) is 3. The number of thiazole rings is 1. The average Bonchev–Trinajstić information content (AvgIpc) is 3.57. The van der Waals surface area contributed by atoms with Gasteiger partial charge in [0.2, 0.25) is 5.76 Å². The maximum Gasteiger partial charge on any atom is 0.379 e. The summed E-state index contributed by atoms with van der Waals surface area (Å²) in [6.45, 7) is 1.66. The lowest BCUT2D eigenvalue weighted by molar-refractivity contribution is -0.384. The highest BCUT2D eigenvalue weighted by Gasteiger charge is 2.33.